The van der Waals surface area contributed by atoms with Crippen LogP contribution in [0, 0.1) is 5.82 Å². The van der Waals surface area contributed by atoms with Crippen molar-refractivity contribution in [1.82, 2.24) is 20.2 Å². The summed E-state index contributed by atoms with van der Waals surface area (Å²) >= 11 is 6.07. The van der Waals surface area contributed by atoms with Gasteiger partial charge in [-0.05, 0) is 31.9 Å². The standard InChI is InChI=1S/C23H27ClFN5O3/c1-15(18-7-6-8-19(25)22(18)24)33-20-11-16(12-27-23(20)26)17-13-28-30(14-17)10-5-3-2-4-9-21(31)29-32/h6-8,11-15,32H,2-5,9-10H2,1H3,(H2,26,27)(H,29,31). The van der Waals surface area contributed by atoms with E-state index in [0.29, 0.717) is 17.7 Å². The quantitative estimate of drug-likeness (QED) is 0.206. The fraction of sp³-hybridized carbons (Fsp3) is 0.348. The van der Waals surface area contributed by atoms with Gasteiger partial charge in [0.1, 0.15) is 11.9 Å². The van der Waals surface area contributed by atoms with Crippen LogP contribution in [0.25, 0.3) is 11.1 Å². The number of hydrogen-bond donors (Lipinski definition) is 3. The molecular formula is C23H27ClFN5O3. The van der Waals surface area contributed by atoms with Crippen LogP contribution in [0.2, 0.25) is 5.02 Å². The van der Waals surface area contributed by atoms with Crippen molar-refractivity contribution < 1.29 is 19.1 Å². The zero-order valence-corrected chi connectivity index (χ0v) is 19.1. The lowest BCUT2D eigenvalue weighted by Crippen LogP contribution is -2.17. The molecule has 1 unspecified atom stereocenters. The number of amides is 1. The van der Waals surface area contributed by atoms with E-state index in [1.54, 1.807) is 43.0 Å². The van der Waals surface area contributed by atoms with Crippen LogP contribution in [-0.4, -0.2) is 25.9 Å². The number of rotatable bonds is 11. The molecule has 2 aromatic heterocycles. The van der Waals surface area contributed by atoms with Crippen LogP contribution < -0.4 is 16.0 Å². The van der Waals surface area contributed by atoms with Crippen molar-refractivity contribution in [3.05, 3.63) is 59.3 Å². The Morgan fingerprint density at radius 1 is 1.27 bits per heavy atom. The molecule has 0 aliphatic heterocycles. The molecule has 0 aliphatic rings. The Labute approximate surface area is 196 Å². The maximum Gasteiger partial charge on any atom is 0.243 e. The van der Waals surface area contributed by atoms with Gasteiger partial charge in [0.25, 0.3) is 0 Å². The van der Waals surface area contributed by atoms with Gasteiger partial charge in [0.15, 0.2) is 11.6 Å². The minimum absolute atomic E-state index is 0.0191. The summed E-state index contributed by atoms with van der Waals surface area (Å²) in [7, 11) is 0. The zero-order valence-electron chi connectivity index (χ0n) is 18.3. The van der Waals surface area contributed by atoms with Crippen molar-refractivity contribution in [2.75, 3.05) is 5.73 Å². The SMILES string of the molecule is CC(Oc1cc(-c2cnn(CCCCCCC(=O)NO)c2)cnc1N)c1cccc(F)c1Cl. The molecule has 3 rings (SSSR count). The van der Waals surface area contributed by atoms with Crippen molar-refractivity contribution in [3.63, 3.8) is 0 Å². The number of nitrogens with zero attached hydrogens (tertiary/aromatic N) is 3. The number of hydroxylamine groups is 1. The number of ether oxygens (including phenoxy) is 1. The third kappa shape index (κ3) is 6.66. The summed E-state index contributed by atoms with van der Waals surface area (Å²) in [5, 5.41) is 12.9. The lowest BCUT2D eigenvalue weighted by Gasteiger charge is -2.18. The Morgan fingerprint density at radius 2 is 2.06 bits per heavy atom. The Kier molecular flexibility index (Phi) is 8.62. The fourth-order valence-corrected chi connectivity index (χ4v) is 3.68. The second kappa shape index (κ2) is 11.6. The lowest BCUT2D eigenvalue weighted by molar-refractivity contribution is -0.129. The number of unbranched alkanes of at least 4 members (excludes halogenated alkanes) is 3. The molecule has 1 aromatic carbocycles. The summed E-state index contributed by atoms with van der Waals surface area (Å²) in [4.78, 5) is 15.2. The molecule has 4 N–H and O–H groups in total. The molecule has 3 aromatic rings. The van der Waals surface area contributed by atoms with E-state index in [1.807, 2.05) is 10.9 Å². The predicted molar refractivity (Wildman–Crippen MR) is 123 cm³/mol. The van der Waals surface area contributed by atoms with Crippen LogP contribution in [-0.2, 0) is 11.3 Å². The number of hydrogen-bond acceptors (Lipinski definition) is 6. The van der Waals surface area contributed by atoms with Crippen LogP contribution in [0.5, 0.6) is 5.75 Å². The average molecular weight is 476 g/mol. The van der Waals surface area contributed by atoms with Gasteiger partial charge in [0.2, 0.25) is 5.91 Å². The topological polar surface area (TPSA) is 115 Å². The first-order valence-corrected chi connectivity index (χ1v) is 11.1. The highest BCUT2D eigenvalue weighted by molar-refractivity contribution is 6.31. The van der Waals surface area contributed by atoms with Crippen molar-refractivity contribution in [2.24, 2.45) is 0 Å². The highest BCUT2D eigenvalue weighted by Crippen LogP contribution is 2.33. The lowest BCUT2D eigenvalue weighted by atomic mass is 10.1. The van der Waals surface area contributed by atoms with Crippen molar-refractivity contribution >= 4 is 23.3 Å². The zero-order chi connectivity index (χ0) is 23.8. The first-order valence-electron chi connectivity index (χ1n) is 10.7. The van der Waals surface area contributed by atoms with E-state index < -0.39 is 11.9 Å². The first kappa shape index (κ1) is 24.5. The molecule has 2 heterocycles. The highest BCUT2D eigenvalue weighted by Gasteiger charge is 2.16. The number of carbonyl (C=O) groups is 1. The molecule has 0 aliphatic carbocycles. The summed E-state index contributed by atoms with van der Waals surface area (Å²) in [6, 6.07) is 6.35. The number of nitrogens with two attached hydrogens (primary N) is 1. The molecule has 176 valence electrons. The maximum absolute atomic E-state index is 13.8. The molecular weight excluding hydrogens is 449 g/mol. The van der Waals surface area contributed by atoms with Crippen LogP contribution in [0.1, 0.15) is 50.7 Å². The first-order chi connectivity index (χ1) is 15.9. The van der Waals surface area contributed by atoms with Crippen molar-refractivity contribution in [1.29, 1.82) is 0 Å². The van der Waals surface area contributed by atoms with Gasteiger partial charge in [-0.1, -0.05) is 36.6 Å². The number of anilines is 1. The number of carbonyl (C=O) groups excluding carboxylic acids is 1. The smallest absolute Gasteiger partial charge is 0.243 e. The predicted octanol–water partition coefficient (Wildman–Crippen LogP) is 4.92. The van der Waals surface area contributed by atoms with Crippen LogP contribution in [0.3, 0.4) is 0 Å². The van der Waals surface area contributed by atoms with E-state index in [-0.39, 0.29) is 16.7 Å². The van der Waals surface area contributed by atoms with Crippen LogP contribution in [0.4, 0.5) is 10.2 Å². The number of aromatic nitrogens is 3. The normalized spacial score (nSPS) is 11.9. The highest BCUT2D eigenvalue weighted by atomic mass is 35.5. The molecule has 10 heteroatoms. The van der Waals surface area contributed by atoms with Gasteiger partial charge in [-0.3, -0.25) is 14.7 Å². The van der Waals surface area contributed by atoms with E-state index in [4.69, 9.17) is 27.3 Å². The summed E-state index contributed by atoms with van der Waals surface area (Å²) in [6.45, 7) is 2.51. The van der Waals surface area contributed by atoms with Gasteiger partial charge in [-0.15, -0.1) is 0 Å². The van der Waals surface area contributed by atoms with Gasteiger partial charge < -0.3 is 10.5 Å². The number of halogens is 2. The van der Waals surface area contributed by atoms with E-state index in [9.17, 15) is 9.18 Å². The minimum Gasteiger partial charge on any atom is -0.482 e. The van der Waals surface area contributed by atoms with E-state index in [2.05, 4.69) is 10.1 Å². The monoisotopic (exact) mass is 475 g/mol. The Bertz CT molecular complexity index is 1090. The van der Waals surface area contributed by atoms with Crippen LogP contribution in [0.15, 0.2) is 42.9 Å². The Morgan fingerprint density at radius 3 is 2.85 bits per heavy atom. The van der Waals surface area contributed by atoms with E-state index >= 15 is 0 Å². The summed E-state index contributed by atoms with van der Waals surface area (Å²) in [5.74, 6) is -0.270. The Balaban J connectivity index is 1.60. The number of benzene rings is 1. The number of nitrogen functional groups attached to an aromatic ring is 1. The van der Waals surface area contributed by atoms with E-state index in [0.717, 1.165) is 43.4 Å². The molecule has 33 heavy (non-hydrogen) atoms. The van der Waals surface area contributed by atoms with Crippen molar-refractivity contribution in [3.8, 4) is 16.9 Å². The summed E-state index contributed by atoms with van der Waals surface area (Å²) < 4.78 is 21.6. The second-order valence-corrected chi connectivity index (χ2v) is 8.08. The third-order valence-electron chi connectivity index (χ3n) is 5.24. The maximum atomic E-state index is 13.8. The average Bonchev–Trinajstić information content (AvgIpc) is 3.28. The summed E-state index contributed by atoms with van der Waals surface area (Å²) in [6.07, 6.45) is 8.61. The third-order valence-corrected chi connectivity index (χ3v) is 5.64. The largest absolute Gasteiger partial charge is 0.482 e. The van der Waals surface area contributed by atoms with Gasteiger partial charge in [0, 0.05) is 42.0 Å². The van der Waals surface area contributed by atoms with Crippen LogP contribution >= 0.6 is 11.6 Å². The van der Waals surface area contributed by atoms with Gasteiger partial charge in [-0.25, -0.2) is 14.9 Å². The van der Waals surface area contributed by atoms with Crippen molar-refractivity contribution in [2.45, 2.75) is 51.7 Å². The number of aryl methyl sites for hydroxylation is 1. The molecule has 0 fully saturated rings. The van der Waals surface area contributed by atoms with Gasteiger partial charge in [0.05, 0.1) is 11.2 Å². The summed E-state index contributed by atoms with van der Waals surface area (Å²) in [5.41, 5.74) is 9.81. The van der Waals surface area contributed by atoms with Gasteiger partial charge in [-0.2, -0.15) is 5.10 Å². The molecule has 8 nitrogen and oxygen atoms in total. The molecule has 1 amide bonds. The molecule has 0 bridgehead atoms. The molecule has 1 atom stereocenters. The molecule has 0 spiro atoms. The van der Waals surface area contributed by atoms with Gasteiger partial charge >= 0.3 is 0 Å². The van der Waals surface area contributed by atoms with E-state index in [1.165, 1.54) is 6.07 Å². The minimum atomic E-state index is -0.529. The fourth-order valence-electron chi connectivity index (χ4n) is 3.40. The Hall–Kier alpha value is -3.17. The number of pyridine rings is 1. The number of nitrogens with one attached hydrogen (secondary N) is 1. The molecule has 0 saturated carbocycles. The molecule has 0 saturated heterocycles. The second-order valence-electron chi connectivity index (χ2n) is 7.70. The molecule has 0 radical (unpaired) electrons.